The van der Waals surface area contributed by atoms with E-state index in [1.165, 1.54) is 11.2 Å². The highest BCUT2D eigenvalue weighted by Gasteiger charge is 2.37. The van der Waals surface area contributed by atoms with Crippen LogP contribution in [0.15, 0.2) is 9.42 Å². The Morgan fingerprint density at radius 3 is 2.38 bits per heavy atom. The molecule has 29 heavy (non-hydrogen) atoms. The number of nitrogens with zero attached hydrogens (tertiary/aromatic N) is 3. The molecule has 0 radical (unpaired) electrons. The highest BCUT2D eigenvalue weighted by molar-refractivity contribution is 7.89. The van der Waals surface area contributed by atoms with Crippen LogP contribution in [-0.2, 0) is 19.6 Å². The van der Waals surface area contributed by atoms with Gasteiger partial charge in [0.15, 0.2) is 5.76 Å². The van der Waals surface area contributed by atoms with Crippen LogP contribution < -0.4 is 5.32 Å². The van der Waals surface area contributed by atoms with E-state index in [1.807, 2.05) is 0 Å². The summed E-state index contributed by atoms with van der Waals surface area (Å²) >= 11 is 0. The van der Waals surface area contributed by atoms with Gasteiger partial charge in [0.25, 0.3) is 0 Å². The van der Waals surface area contributed by atoms with E-state index in [0.717, 1.165) is 25.7 Å². The fourth-order valence-electron chi connectivity index (χ4n) is 4.41. The smallest absolute Gasteiger partial charge is 0.248 e. The third kappa shape index (κ3) is 4.63. The number of aromatic nitrogens is 1. The van der Waals surface area contributed by atoms with Gasteiger partial charge in [-0.1, -0.05) is 18.0 Å². The minimum absolute atomic E-state index is 0.108. The van der Waals surface area contributed by atoms with Gasteiger partial charge in [0.05, 0.1) is 0 Å². The van der Waals surface area contributed by atoms with Crippen LogP contribution in [0.4, 0.5) is 0 Å². The fourth-order valence-corrected chi connectivity index (χ4v) is 6.17. The third-order valence-electron chi connectivity index (χ3n) is 5.83. The number of amides is 2. The van der Waals surface area contributed by atoms with Gasteiger partial charge in [0.1, 0.15) is 16.6 Å². The van der Waals surface area contributed by atoms with Gasteiger partial charge in [-0.05, 0) is 39.0 Å². The second kappa shape index (κ2) is 8.83. The molecule has 2 aliphatic rings. The molecule has 10 heteroatoms. The van der Waals surface area contributed by atoms with Crippen LogP contribution in [0.5, 0.6) is 0 Å². The highest BCUT2D eigenvalue weighted by atomic mass is 32.2. The van der Waals surface area contributed by atoms with Crippen LogP contribution in [0.25, 0.3) is 0 Å². The lowest BCUT2D eigenvalue weighted by Crippen LogP contribution is -2.52. The largest absolute Gasteiger partial charge is 0.360 e. The maximum Gasteiger partial charge on any atom is 0.248 e. The number of rotatable bonds is 5. The number of aryl methyl sites for hydroxylation is 2. The first kappa shape index (κ1) is 21.8. The Morgan fingerprint density at radius 2 is 1.79 bits per heavy atom. The molecule has 3 rings (SSSR count). The molecule has 0 spiro atoms. The standard InChI is InChI=1S/C19H30N4O5S/c1-13-18(14(2)28-21-13)29(26,27)23-10-6-9-22(11-12-23)19(25)17(20-15(3)24)16-7-4-5-8-16/h16-17H,4-12H2,1-3H3,(H,20,24). The average molecular weight is 427 g/mol. The molecule has 162 valence electrons. The summed E-state index contributed by atoms with van der Waals surface area (Å²) in [5.41, 5.74) is 0.339. The predicted molar refractivity (Wildman–Crippen MR) is 105 cm³/mol. The summed E-state index contributed by atoms with van der Waals surface area (Å²) in [5, 5.41) is 6.59. The molecule has 1 aromatic heterocycles. The van der Waals surface area contributed by atoms with Crippen LogP contribution in [0.3, 0.4) is 0 Å². The Bertz CT molecular complexity index is 840. The van der Waals surface area contributed by atoms with E-state index in [0.29, 0.717) is 31.7 Å². The molecule has 1 aliphatic carbocycles. The monoisotopic (exact) mass is 426 g/mol. The molecule has 1 aromatic rings. The first-order valence-electron chi connectivity index (χ1n) is 10.2. The van der Waals surface area contributed by atoms with Gasteiger partial charge >= 0.3 is 0 Å². The predicted octanol–water partition coefficient (Wildman–Crippen LogP) is 1.21. The van der Waals surface area contributed by atoms with Crippen molar-refractivity contribution < 1.29 is 22.5 Å². The van der Waals surface area contributed by atoms with Crippen molar-refractivity contribution in [1.29, 1.82) is 0 Å². The molecule has 0 aromatic carbocycles. The molecule has 2 heterocycles. The zero-order chi connectivity index (χ0) is 21.2. The van der Waals surface area contributed by atoms with Crippen LogP contribution >= 0.6 is 0 Å². The Morgan fingerprint density at radius 1 is 1.10 bits per heavy atom. The average Bonchev–Trinajstić information content (AvgIpc) is 3.22. The number of sulfonamides is 1. The van der Waals surface area contributed by atoms with Gasteiger partial charge in [0.2, 0.25) is 21.8 Å². The lowest BCUT2D eigenvalue weighted by atomic mass is 9.96. The van der Waals surface area contributed by atoms with Crippen molar-refractivity contribution in [2.24, 2.45) is 5.92 Å². The number of carbonyl (C=O) groups excluding carboxylic acids is 2. The Labute approximate surface area is 171 Å². The van der Waals surface area contributed by atoms with E-state index in [2.05, 4.69) is 10.5 Å². The molecule has 2 fully saturated rings. The molecule has 2 amide bonds. The van der Waals surface area contributed by atoms with Crippen molar-refractivity contribution in [3.05, 3.63) is 11.5 Å². The topological polar surface area (TPSA) is 113 Å². The molecule has 1 aliphatic heterocycles. The summed E-state index contributed by atoms with van der Waals surface area (Å²) in [7, 11) is -3.74. The van der Waals surface area contributed by atoms with Gasteiger partial charge in [0, 0.05) is 33.1 Å². The summed E-state index contributed by atoms with van der Waals surface area (Å²) in [4.78, 5) is 26.7. The maximum absolute atomic E-state index is 13.2. The van der Waals surface area contributed by atoms with E-state index >= 15 is 0 Å². The van der Waals surface area contributed by atoms with Crippen molar-refractivity contribution in [3.8, 4) is 0 Å². The SMILES string of the molecule is CC(=O)NC(C(=O)N1CCCN(S(=O)(=O)c2c(C)noc2C)CC1)C1CCCC1. The number of hydrogen-bond donors (Lipinski definition) is 1. The zero-order valence-electron chi connectivity index (χ0n) is 17.3. The fraction of sp³-hybridized carbons (Fsp3) is 0.737. The second-order valence-corrected chi connectivity index (χ2v) is 9.83. The van der Waals surface area contributed by atoms with Gasteiger partial charge in [-0.15, -0.1) is 0 Å². The quantitative estimate of drug-likeness (QED) is 0.757. The minimum atomic E-state index is -3.74. The van der Waals surface area contributed by atoms with E-state index in [4.69, 9.17) is 4.52 Å². The van der Waals surface area contributed by atoms with Gasteiger partial charge in [-0.3, -0.25) is 9.59 Å². The molecule has 1 saturated carbocycles. The lowest BCUT2D eigenvalue weighted by molar-refractivity contribution is -0.137. The Kier molecular flexibility index (Phi) is 6.62. The molecule has 1 unspecified atom stereocenters. The summed E-state index contributed by atoms with van der Waals surface area (Å²) in [5.74, 6) is 0.0970. The van der Waals surface area contributed by atoms with Crippen molar-refractivity contribution in [3.63, 3.8) is 0 Å². The van der Waals surface area contributed by atoms with Gasteiger partial charge < -0.3 is 14.7 Å². The van der Waals surface area contributed by atoms with Crippen molar-refractivity contribution in [2.45, 2.75) is 63.8 Å². The normalized spacial score (nSPS) is 20.4. The molecular formula is C19H30N4O5S. The second-order valence-electron chi connectivity index (χ2n) is 7.96. The number of carbonyl (C=O) groups is 2. The van der Waals surface area contributed by atoms with E-state index in [1.54, 1.807) is 18.7 Å². The highest BCUT2D eigenvalue weighted by Crippen LogP contribution is 2.29. The van der Waals surface area contributed by atoms with Crippen molar-refractivity contribution in [2.75, 3.05) is 26.2 Å². The van der Waals surface area contributed by atoms with E-state index < -0.39 is 16.1 Å². The first-order chi connectivity index (χ1) is 13.7. The van der Waals surface area contributed by atoms with Gasteiger partial charge in [-0.25, -0.2) is 8.42 Å². The van der Waals surface area contributed by atoms with Crippen LogP contribution in [0, 0.1) is 19.8 Å². The summed E-state index contributed by atoms with van der Waals surface area (Å²) in [6.45, 7) is 5.91. The zero-order valence-corrected chi connectivity index (χ0v) is 18.1. The number of hydrogen-bond acceptors (Lipinski definition) is 6. The molecule has 0 bridgehead atoms. The van der Waals surface area contributed by atoms with Gasteiger partial charge in [-0.2, -0.15) is 4.31 Å². The third-order valence-corrected chi connectivity index (χ3v) is 7.97. The summed E-state index contributed by atoms with van der Waals surface area (Å²) < 4.78 is 32.6. The van der Waals surface area contributed by atoms with Crippen LogP contribution in [0.1, 0.15) is 50.5 Å². The van der Waals surface area contributed by atoms with E-state index in [-0.39, 0.29) is 34.9 Å². The van der Waals surface area contributed by atoms with E-state index in [9.17, 15) is 18.0 Å². The lowest BCUT2D eigenvalue weighted by Gasteiger charge is -2.30. The first-order valence-corrected chi connectivity index (χ1v) is 11.6. The van der Waals surface area contributed by atoms with Crippen molar-refractivity contribution >= 4 is 21.8 Å². The molecule has 1 saturated heterocycles. The molecule has 1 atom stereocenters. The minimum Gasteiger partial charge on any atom is -0.360 e. The van der Waals surface area contributed by atoms with Crippen LogP contribution in [-0.4, -0.2) is 66.8 Å². The Balaban J connectivity index is 1.73. The molecule has 1 N–H and O–H groups in total. The molecular weight excluding hydrogens is 396 g/mol. The number of nitrogens with one attached hydrogen (secondary N) is 1. The summed E-state index contributed by atoms with van der Waals surface area (Å²) in [6.07, 6.45) is 4.52. The summed E-state index contributed by atoms with van der Waals surface area (Å²) in [6, 6.07) is -0.527. The Hall–Kier alpha value is -1.94. The van der Waals surface area contributed by atoms with Crippen LogP contribution in [0.2, 0.25) is 0 Å². The van der Waals surface area contributed by atoms with Crippen molar-refractivity contribution in [1.82, 2.24) is 19.7 Å². The molecule has 9 nitrogen and oxygen atoms in total. The maximum atomic E-state index is 13.2.